The molecule has 1 aliphatic heterocycles. The summed E-state index contributed by atoms with van der Waals surface area (Å²) < 4.78 is 5.36. The van der Waals surface area contributed by atoms with Crippen LogP contribution in [0.2, 0.25) is 5.02 Å². The van der Waals surface area contributed by atoms with Gasteiger partial charge in [0.25, 0.3) is 0 Å². The zero-order valence-corrected chi connectivity index (χ0v) is 21.9. The number of hydrogen-bond acceptors (Lipinski definition) is 6. The molecule has 2 aromatic rings. The third-order valence-corrected chi connectivity index (χ3v) is 5.31. The monoisotopic (exact) mass is 721 g/mol. The van der Waals surface area contributed by atoms with Crippen LogP contribution in [0.5, 0.6) is 0 Å². The van der Waals surface area contributed by atoms with E-state index in [1.54, 1.807) is 32.7 Å². The predicted molar refractivity (Wildman–Crippen MR) is 131 cm³/mol. The Bertz CT molecular complexity index is 908. The summed E-state index contributed by atoms with van der Waals surface area (Å²) in [5, 5.41) is 51.0. The number of hydrogen-bond donors (Lipinski definition) is 5. The average molecular weight is 722 g/mol. The van der Waals surface area contributed by atoms with Crippen molar-refractivity contribution in [3.8, 4) is 12.3 Å². The molecule has 0 bridgehead atoms. The van der Waals surface area contributed by atoms with Crippen LogP contribution < -0.4 is 0 Å². The van der Waals surface area contributed by atoms with Crippen molar-refractivity contribution in [1.82, 2.24) is 0 Å². The number of terminal acetylenes is 1. The third-order valence-electron chi connectivity index (χ3n) is 4.94. The van der Waals surface area contributed by atoms with Crippen LogP contribution in [0, 0.1) is 12.3 Å². The van der Waals surface area contributed by atoms with E-state index in [1.807, 2.05) is 12.1 Å². The molecule has 0 aromatic heterocycles. The topological polar surface area (TPSA) is 110 Å². The molecule has 1 saturated heterocycles. The summed E-state index contributed by atoms with van der Waals surface area (Å²) in [6.45, 7) is -0.644. The second-order valence-electron chi connectivity index (χ2n) is 6.83. The van der Waals surface area contributed by atoms with E-state index in [2.05, 4.69) is 46.6 Å². The SMILES string of the molecule is C#Cc1ccc(Cc2cc([C@@]3(O)O[C@H](CO)[C@@H](O)[C@H](O)[C@H]3O)ccc2Cl)cc1.[I][Cu][I]. The molecule has 1 fully saturated rings. The first-order valence-electron chi connectivity index (χ1n) is 8.92. The van der Waals surface area contributed by atoms with Crippen LogP contribution in [0.1, 0.15) is 22.3 Å². The number of rotatable bonds is 4. The zero-order valence-electron chi connectivity index (χ0n) is 15.9. The Morgan fingerprint density at radius 2 is 1.71 bits per heavy atom. The summed E-state index contributed by atoms with van der Waals surface area (Å²) in [6, 6.07) is 11.9. The molecule has 5 N–H and O–H groups in total. The van der Waals surface area contributed by atoms with Gasteiger partial charge in [0.1, 0.15) is 24.4 Å². The molecule has 5 atom stereocenters. The first-order valence-corrected chi connectivity index (χ1v) is 15.4. The van der Waals surface area contributed by atoms with E-state index in [0.29, 0.717) is 17.0 Å². The van der Waals surface area contributed by atoms with E-state index < -0.39 is 36.8 Å². The van der Waals surface area contributed by atoms with Crippen molar-refractivity contribution in [3.63, 3.8) is 0 Å². The Hall–Kier alpha value is 0.0295. The van der Waals surface area contributed by atoms with E-state index in [4.69, 9.17) is 22.8 Å². The molecule has 0 unspecified atom stereocenters. The molecule has 0 amide bonds. The van der Waals surface area contributed by atoms with Gasteiger partial charge in [-0.15, -0.1) is 6.42 Å². The maximum absolute atomic E-state index is 10.9. The van der Waals surface area contributed by atoms with Crippen LogP contribution in [0.25, 0.3) is 0 Å². The summed E-state index contributed by atoms with van der Waals surface area (Å²) in [7, 11) is 1.75. The van der Waals surface area contributed by atoms with Gasteiger partial charge in [0, 0.05) is 16.1 Å². The van der Waals surface area contributed by atoms with Crippen LogP contribution in [-0.2, 0) is 25.4 Å². The fraction of sp³-hybridized carbons (Fsp3) is 0.333. The van der Waals surface area contributed by atoms with Crippen molar-refractivity contribution < 1.29 is 38.7 Å². The van der Waals surface area contributed by atoms with Gasteiger partial charge in [-0.1, -0.05) is 35.7 Å². The summed E-state index contributed by atoms with van der Waals surface area (Å²) in [5.74, 6) is 0.220. The first kappa shape index (κ1) is 27.3. The predicted octanol–water partition coefficient (Wildman–Crippen LogP) is 2.30. The Labute approximate surface area is 214 Å². The second kappa shape index (κ2) is 12.5. The molecule has 6 nitrogen and oxygen atoms in total. The standard InChI is InChI=1S/C21H21ClO6.Cu.2HI/c1-2-12-3-5-13(6-4-12)9-14-10-15(7-8-16(14)22)21(27)20(26)19(25)18(24)17(11-23)28-21;;;/h1,3-8,10,17-20,23-27H,9,11H2;;2*1H/q;+2;;/p-2/t17-,18-,19+,20-,21-;;;/m1.../s1. The van der Waals surface area contributed by atoms with Gasteiger partial charge < -0.3 is 30.3 Å². The van der Waals surface area contributed by atoms with Gasteiger partial charge in [0.2, 0.25) is 5.79 Å². The number of aliphatic hydroxyl groups excluding tert-OH is 4. The number of halogens is 3. The van der Waals surface area contributed by atoms with Crippen molar-refractivity contribution in [2.45, 2.75) is 36.6 Å². The second-order valence-corrected chi connectivity index (χ2v) is 15.2. The van der Waals surface area contributed by atoms with Gasteiger partial charge in [0.15, 0.2) is 0 Å². The van der Waals surface area contributed by atoms with Crippen LogP contribution in [0.3, 0.4) is 0 Å². The van der Waals surface area contributed by atoms with Crippen LogP contribution in [-0.4, -0.2) is 56.6 Å². The first-order chi connectivity index (χ1) is 14.7. The molecule has 31 heavy (non-hydrogen) atoms. The van der Waals surface area contributed by atoms with Gasteiger partial charge in [-0.2, -0.15) is 0 Å². The molecule has 173 valence electrons. The Kier molecular flexibility index (Phi) is 11.0. The van der Waals surface area contributed by atoms with Gasteiger partial charge in [-0.3, -0.25) is 0 Å². The van der Waals surface area contributed by atoms with Gasteiger partial charge >= 0.3 is 49.1 Å². The minimum atomic E-state index is -2.32. The van der Waals surface area contributed by atoms with Crippen molar-refractivity contribution in [1.29, 1.82) is 0 Å². The molecule has 0 saturated carbocycles. The molecule has 1 aliphatic rings. The molecular weight excluding hydrogens is 701 g/mol. The van der Waals surface area contributed by atoms with Crippen molar-refractivity contribution in [2.75, 3.05) is 6.61 Å². The quantitative estimate of drug-likeness (QED) is 0.189. The van der Waals surface area contributed by atoms with Crippen LogP contribution in [0.15, 0.2) is 42.5 Å². The summed E-state index contributed by atoms with van der Waals surface area (Å²) >= 11 is 10.6. The Balaban J connectivity index is 0.00000107. The van der Waals surface area contributed by atoms with Crippen molar-refractivity contribution in [3.05, 3.63) is 69.7 Å². The van der Waals surface area contributed by atoms with Crippen LogP contribution in [0.4, 0.5) is 0 Å². The van der Waals surface area contributed by atoms with E-state index in [-0.39, 0.29) is 5.56 Å². The summed E-state index contributed by atoms with van der Waals surface area (Å²) in [4.78, 5) is 0. The number of ether oxygens (including phenoxy) is 1. The number of benzene rings is 2. The summed E-state index contributed by atoms with van der Waals surface area (Å²) in [6.07, 6.45) is -0.546. The molecule has 2 aromatic carbocycles. The van der Waals surface area contributed by atoms with E-state index in [0.717, 1.165) is 11.1 Å². The fourth-order valence-corrected chi connectivity index (χ4v) is 3.45. The average Bonchev–Trinajstić information content (AvgIpc) is 2.77. The Morgan fingerprint density at radius 3 is 2.26 bits per heavy atom. The summed E-state index contributed by atoms with van der Waals surface area (Å²) in [5.41, 5.74) is 2.47. The van der Waals surface area contributed by atoms with Gasteiger partial charge in [-0.05, 0) is 41.8 Å². The maximum atomic E-state index is 10.9. The Morgan fingerprint density at radius 1 is 1.10 bits per heavy atom. The van der Waals surface area contributed by atoms with E-state index in [1.165, 1.54) is 6.07 Å². The molecule has 1 heterocycles. The van der Waals surface area contributed by atoms with Gasteiger partial charge in [-0.25, -0.2) is 0 Å². The fourth-order valence-electron chi connectivity index (χ4n) is 3.26. The molecule has 0 aliphatic carbocycles. The van der Waals surface area contributed by atoms with E-state index >= 15 is 0 Å². The molecular formula is C21H21ClCuI2O6. The molecule has 0 radical (unpaired) electrons. The van der Waals surface area contributed by atoms with Crippen molar-refractivity contribution >= 4 is 52.3 Å². The van der Waals surface area contributed by atoms with E-state index in [9.17, 15) is 25.5 Å². The third kappa shape index (κ3) is 6.55. The molecule has 0 spiro atoms. The van der Waals surface area contributed by atoms with Gasteiger partial charge in [0.05, 0.1) is 6.61 Å². The zero-order chi connectivity index (χ0) is 23.2. The molecule has 3 rings (SSSR count). The minimum absolute atomic E-state index is 0.143. The number of aliphatic hydroxyl groups is 5. The van der Waals surface area contributed by atoms with Crippen LogP contribution >= 0.6 is 52.3 Å². The molecule has 10 heteroatoms. The normalized spacial score (nSPS) is 27.8. The van der Waals surface area contributed by atoms with Crippen molar-refractivity contribution in [2.24, 2.45) is 0 Å².